The predicted molar refractivity (Wildman–Crippen MR) is 64.3 cm³/mol. The molecule has 4 heteroatoms. The van der Waals surface area contributed by atoms with E-state index in [0.717, 1.165) is 11.6 Å². The smallest absolute Gasteiger partial charge is 0.274 e. The van der Waals surface area contributed by atoms with E-state index >= 15 is 0 Å². The number of hydrogen-bond acceptors (Lipinski definition) is 3. The molecule has 0 unspecified atom stereocenters. The molecule has 3 nitrogen and oxygen atoms in total. The number of carbonyl (C=O) groups excluding carboxylic acids is 1. The van der Waals surface area contributed by atoms with Crippen molar-refractivity contribution in [3.63, 3.8) is 0 Å². The highest BCUT2D eigenvalue weighted by atomic mass is 32.1. The minimum Gasteiger partial charge on any atom is -0.326 e. The number of aromatic nitrogens is 1. The second-order valence-electron chi connectivity index (χ2n) is 4.08. The van der Waals surface area contributed by atoms with Crippen LogP contribution in [-0.4, -0.2) is 28.9 Å². The van der Waals surface area contributed by atoms with Crippen molar-refractivity contribution in [3.8, 4) is 12.3 Å². The minimum atomic E-state index is -0.0331. The second kappa shape index (κ2) is 4.67. The highest BCUT2D eigenvalue weighted by Gasteiger charge is 2.27. The number of carbonyl (C=O) groups is 1. The van der Waals surface area contributed by atoms with E-state index in [-0.39, 0.29) is 5.91 Å². The molecule has 84 valence electrons. The number of hydrogen-bond donors (Lipinski definition) is 0. The quantitative estimate of drug-likeness (QED) is 0.746. The Hall–Kier alpha value is -1.34. The first-order valence-electron chi connectivity index (χ1n) is 5.35. The average molecular weight is 234 g/mol. The van der Waals surface area contributed by atoms with Crippen molar-refractivity contribution in [1.29, 1.82) is 0 Å². The molecule has 0 atom stereocenters. The van der Waals surface area contributed by atoms with E-state index in [1.165, 1.54) is 24.2 Å². The molecule has 1 fully saturated rings. The maximum atomic E-state index is 12.1. The van der Waals surface area contributed by atoms with Crippen LogP contribution in [-0.2, 0) is 0 Å². The van der Waals surface area contributed by atoms with Crippen molar-refractivity contribution < 1.29 is 4.79 Å². The SMILES string of the molecule is C#CCN(CC1CC1)C(=O)c1csc(C)n1. The van der Waals surface area contributed by atoms with Crippen LogP contribution in [0.2, 0.25) is 0 Å². The monoisotopic (exact) mass is 234 g/mol. The van der Waals surface area contributed by atoms with E-state index in [1.54, 1.807) is 10.3 Å². The van der Waals surface area contributed by atoms with Crippen LogP contribution in [0.25, 0.3) is 0 Å². The van der Waals surface area contributed by atoms with Gasteiger partial charge < -0.3 is 4.90 Å². The number of nitrogens with zero attached hydrogens (tertiary/aromatic N) is 2. The Morgan fingerprint density at radius 3 is 3.00 bits per heavy atom. The Kier molecular flexibility index (Phi) is 3.25. The molecule has 1 aromatic rings. The zero-order valence-corrected chi connectivity index (χ0v) is 10.1. The van der Waals surface area contributed by atoms with E-state index in [1.807, 2.05) is 6.92 Å². The second-order valence-corrected chi connectivity index (χ2v) is 5.15. The lowest BCUT2D eigenvalue weighted by atomic mass is 10.3. The molecule has 1 saturated carbocycles. The summed E-state index contributed by atoms with van der Waals surface area (Å²) in [6.45, 7) is 3.05. The molecule has 0 N–H and O–H groups in total. The molecule has 1 amide bonds. The normalized spacial score (nSPS) is 14.5. The van der Waals surface area contributed by atoms with E-state index < -0.39 is 0 Å². The van der Waals surface area contributed by atoms with Gasteiger partial charge in [0.25, 0.3) is 5.91 Å². The molecule has 16 heavy (non-hydrogen) atoms. The summed E-state index contributed by atoms with van der Waals surface area (Å²) >= 11 is 1.49. The topological polar surface area (TPSA) is 33.2 Å². The molecule has 1 aliphatic carbocycles. The van der Waals surface area contributed by atoms with Gasteiger partial charge in [0, 0.05) is 11.9 Å². The molecular weight excluding hydrogens is 220 g/mol. The van der Waals surface area contributed by atoms with Crippen molar-refractivity contribution >= 4 is 17.2 Å². The van der Waals surface area contributed by atoms with Crippen molar-refractivity contribution in [2.45, 2.75) is 19.8 Å². The molecule has 1 aromatic heterocycles. The molecule has 0 saturated heterocycles. The third kappa shape index (κ3) is 2.61. The van der Waals surface area contributed by atoms with Crippen LogP contribution in [0.1, 0.15) is 28.3 Å². The third-order valence-electron chi connectivity index (χ3n) is 2.58. The van der Waals surface area contributed by atoms with Crippen LogP contribution >= 0.6 is 11.3 Å². The third-order valence-corrected chi connectivity index (χ3v) is 3.36. The van der Waals surface area contributed by atoms with Gasteiger partial charge >= 0.3 is 0 Å². The largest absolute Gasteiger partial charge is 0.326 e. The Morgan fingerprint density at radius 1 is 1.75 bits per heavy atom. The van der Waals surface area contributed by atoms with E-state index in [2.05, 4.69) is 10.9 Å². The van der Waals surface area contributed by atoms with Crippen LogP contribution in [0.5, 0.6) is 0 Å². The van der Waals surface area contributed by atoms with Crippen LogP contribution in [0.4, 0.5) is 0 Å². The molecular formula is C12H14N2OS. The van der Waals surface area contributed by atoms with Crippen LogP contribution in [0.3, 0.4) is 0 Å². The lowest BCUT2D eigenvalue weighted by Crippen LogP contribution is -2.33. The van der Waals surface area contributed by atoms with Crippen LogP contribution in [0.15, 0.2) is 5.38 Å². The summed E-state index contributed by atoms with van der Waals surface area (Å²) < 4.78 is 0. The van der Waals surface area contributed by atoms with E-state index in [4.69, 9.17) is 6.42 Å². The molecule has 0 spiro atoms. The molecule has 0 aromatic carbocycles. The maximum absolute atomic E-state index is 12.1. The summed E-state index contributed by atoms with van der Waals surface area (Å²) in [5.74, 6) is 3.16. The van der Waals surface area contributed by atoms with Crippen molar-refractivity contribution in [3.05, 3.63) is 16.1 Å². The summed E-state index contributed by atoms with van der Waals surface area (Å²) in [7, 11) is 0. The van der Waals surface area contributed by atoms with Gasteiger partial charge in [-0.25, -0.2) is 4.98 Å². The number of aryl methyl sites for hydroxylation is 1. The Morgan fingerprint density at radius 2 is 2.50 bits per heavy atom. The fourth-order valence-corrected chi connectivity index (χ4v) is 2.15. The first-order valence-corrected chi connectivity index (χ1v) is 6.23. The number of rotatable bonds is 4. The highest BCUT2D eigenvalue weighted by Crippen LogP contribution is 2.30. The standard InChI is InChI=1S/C12H14N2OS/c1-3-6-14(7-10-4-5-10)12(15)11-8-16-9(2)13-11/h1,8,10H,4-7H2,2H3. The predicted octanol–water partition coefficient (Wildman–Crippen LogP) is 1.94. The lowest BCUT2D eigenvalue weighted by Gasteiger charge is -2.18. The number of terminal acetylenes is 1. The van der Waals surface area contributed by atoms with Gasteiger partial charge in [-0.05, 0) is 25.7 Å². The molecule has 1 heterocycles. The van der Waals surface area contributed by atoms with E-state index in [0.29, 0.717) is 18.2 Å². The first-order chi connectivity index (χ1) is 7.70. The summed E-state index contributed by atoms with van der Waals surface area (Å²) in [6.07, 6.45) is 7.71. The van der Waals surface area contributed by atoms with Gasteiger partial charge in [-0.15, -0.1) is 17.8 Å². The van der Waals surface area contributed by atoms with Gasteiger partial charge in [0.2, 0.25) is 0 Å². The molecule has 2 rings (SSSR count). The van der Waals surface area contributed by atoms with Gasteiger partial charge in [-0.2, -0.15) is 0 Å². The van der Waals surface area contributed by atoms with Crippen molar-refractivity contribution in [1.82, 2.24) is 9.88 Å². The van der Waals surface area contributed by atoms with Crippen LogP contribution < -0.4 is 0 Å². The Balaban J connectivity index is 2.06. The molecule has 0 aliphatic heterocycles. The Bertz CT molecular complexity index is 428. The average Bonchev–Trinajstić information content (AvgIpc) is 2.97. The van der Waals surface area contributed by atoms with E-state index in [9.17, 15) is 4.79 Å². The Labute approximate surface area is 99.5 Å². The fourth-order valence-electron chi connectivity index (χ4n) is 1.57. The summed E-state index contributed by atoms with van der Waals surface area (Å²) in [5.41, 5.74) is 0.526. The highest BCUT2D eigenvalue weighted by molar-refractivity contribution is 7.09. The first kappa shape index (κ1) is 11.2. The van der Waals surface area contributed by atoms with Gasteiger partial charge in [-0.3, -0.25) is 4.79 Å². The summed E-state index contributed by atoms with van der Waals surface area (Å²) in [6, 6.07) is 0. The number of thiazole rings is 1. The van der Waals surface area contributed by atoms with Crippen molar-refractivity contribution in [2.75, 3.05) is 13.1 Å². The maximum Gasteiger partial charge on any atom is 0.274 e. The lowest BCUT2D eigenvalue weighted by molar-refractivity contribution is 0.0764. The molecule has 0 radical (unpaired) electrons. The molecule has 1 aliphatic rings. The van der Waals surface area contributed by atoms with Gasteiger partial charge in [-0.1, -0.05) is 5.92 Å². The van der Waals surface area contributed by atoms with Gasteiger partial charge in [0.05, 0.1) is 11.6 Å². The minimum absolute atomic E-state index is 0.0331. The molecule has 0 bridgehead atoms. The zero-order chi connectivity index (χ0) is 11.5. The zero-order valence-electron chi connectivity index (χ0n) is 9.27. The van der Waals surface area contributed by atoms with Crippen molar-refractivity contribution in [2.24, 2.45) is 5.92 Å². The van der Waals surface area contributed by atoms with Gasteiger partial charge in [0.1, 0.15) is 5.69 Å². The van der Waals surface area contributed by atoms with Gasteiger partial charge in [0.15, 0.2) is 0 Å². The number of amides is 1. The summed E-state index contributed by atoms with van der Waals surface area (Å²) in [4.78, 5) is 18.0. The summed E-state index contributed by atoms with van der Waals surface area (Å²) in [5, 5.41) is 2.71. The fraction of sp³-hybridized carbons (Fsp3) is 0.500. The van der Waals surface area contributed by atoms with Crippen LogP contribution in [0, 0.1) is 25.2 Å².